The molecule has 0 radical (unpaired) electrons. The topological polar surface area (TPSA) is 103 Å². The van der Waals surface area contributed by atoms with Crippen LogP contribution < -0.4 is 5.73 Å². The van der Waals surface area contributed by atoms with Gasteiger partial charge >= 0.3 is 18.2 Å². The second-order valence-corrected chi connectivity index (χ2v) is 8.64. The van der Waals surface area contributed by atoms with Gasteiger partial charge in [0.05, 0.1) is 12.6 Å². The van der Waals surface area contributed by atoms with Crippen LogP contribution in [0.5, 0.6) is 0 Å². The Bertz CT molecular complexity index is 783. The fourth-order valence-corrected chi connectivity index (χ4v) is 2.51. The van der Waals surface area contributed by atoms with Crippen molar-refractivity contribution >= 4 is 23.9 Å². The van der Waals surface area contributed by atoms with Gasteiger partial charge in [-0.25, -0.2) is 19.0 Å². The van der Waals surface area contributed by atoms with E-state index in [0.29, 0.717) is 17.0 Å². The van der Waals surface area contributed by atoms with Crippen molar-refractivity contribution < 1.29 is 28.2 Å². The molecule has 29 heavy (non-hydrogen) atoms. The molecule has 1 aromatic carbocycles. The Morgan fingerprint density at radius 2 is 1.69 bits per heavy atom. The molecule has 2 amide bonds. The number of aliphatic imine (C=N–C) groups is 1. The zero-order chi connectivity index (χ0) is 22.0. The van der Waals surface area contributed by atoms with E-state index in [0.717, 1.165) is 0 Å². The van der Waals surface area contributed by atoms with Gasteiger partial charge in [-0.3, -0.25) is 0 Å². The van der Waals surface area contributed by atoms with E-state index in [1.165, 1.54) is 18.2 Å². The van der Waals surface area contributed by atoms with Crippen molar-refractivity contribution in [1.29, 1.82) is 0 Å². The SMILES string of the molecule is CC(C)(C)OC(=O)N(C(=O)OC(C)(C)C)C1=N[C@H](c2cc(N)ccc2F)CCO1. The van der Waals surface area contributed by atoms with Crippen LogP contribution in [0.4, 0.5) is 19.7 Å². The first-order valence-corrected chi connectivity index (χ1v) is 9.28. The van der Waals surface area contributed by atoms with Gasteiger partial charge in [-0.2, -0.15) is 0 Å². The Balaban J connectivity index is 2.42. The summed E-state index contributed by atoms with van der Waals surface area (Å²) in [5.41, 5.74) is 4.65. The Hall–Kier alpha value is -2.84. The van der Waals surface area contributed by atoms with Gasteiger partial charge in [0, 0.05) is 17.7 Å². The fourth-order valence-electron chi connectivity index (χ4n) is 2.51. The molecule has 0 bridgehead atoms. The Kier molecular flexibility index (Phi) is 6.40. The van der Waals surface area contributed by atoms with E-state index in [1.54, 1.807) is 41.5 Å². The van der Waals surface area contributed by atoms with Crippen molar-refractivity contribution in [1.82, 2.24) is 4.90 Å². The number of carbonyl (C=O) groups excluding carboxylic acids is 2. The van der Waals surface area contributed by atoms with Gasteiger partial charge in [-0.1, -0.05) is 0 Å². The molecule has 2 rings (SSSR count). The Morgan fingerprint density at radius 1 is 1.14 bits per heavy atom. The molecule has 8 nitrogen and oxygen atoms in total. The molecule has 0 saturated heterocycles. The summed E-state index contributed by atoms with van der Waals surface area (Å²) in [5.74, 6) is -0.490. The number of amidine groups is 1. The van der Waals surface area contributed by atoms with Crippen molar-refractivity contribution in [3.8, 4) is 0 Å². The number of anilines is 1. The molecular weight excluding hydrogens is 381 g/mol. The Labute approximate surface area is 169 Å². The molecule has 0 saturated carbocycles. The maximum atomic E-state index is 14.3. The molecule has 0 aliphatic carbocycles. The highest BCUT2D eigenvalue weighted by Crippen LogP contribution is 2.29. The van der Waals surface area contributed by atoms with E-state index < -0.39 is 35.2 Å². The lowest BCUT2D eigenvalue weighted by Gasteiger charge is -2.31. The van der Waals surface area contributed by atoms with Gasteiger partial charge in [0.15, 0.2) is 0 Å². The normalized spacial score (nSPS) is 17.1. The zero-order valence-electron chi connectivity index (χ0n) is 17.6. The highest BCUT2D eigenvalue weighted by molar-refractivity contribution is 6.06. The zero-order valence-corrected chi connectivity index (χ0v) is 17.6. The average Bonchev–Trinajstić information content (AvgIpc) is 2.54. The van der Waals surface area contributed by atoms with Gasteiger partial charge < -0.3 is 19.9 Å². The molecule has 0 aromatic heterocycles. The van der Waals surface area contributed by atoms with Crippen LogP contribution in [0.1, 0.15) is 59.6 Å². The lowest BCUT2D eigenvalue weighted by atomic mass is 10.0. The number of imide groups is 1. The summed E-state index contributed by atoms with van der Waals surface area (Å²) in [7, 11) is 0. The molecule has 0 unspecified atom stereocenters. The van der Waals surface area contributed by atoms with Crippen molar-refractivity contribution in [3.05, 3.63) is 29.6 Å². The lowest BCUT2D eigenvalue weighted by molar-refractivity contribution is 0.00909. The second-order valence-electron chi connectivity index (χ2n) is 8.64. The van der Waals surface area contributed by atoms with Gasteiger partial charge in [-0.05, 0) is 59.7 Å². The van der Waals surface area contributed by atoms with Crippen molar-refractivity contribution in [2.75, 3.05) is 12.3 Å². The van der Waals surface area contributed by atoms with E-state index >= 15 is 0 Å². The smallest absolute Gasteiger partial charge is 0.428 e. The van der Waals surface area contributed by atoms with Crippen LogP contribution in [-0.4, -0.2) is 40.9 Å². The molecule has 0 spiro atoms. The Morgan fingerprint density at radius 3 is 2.21 bits per heavy atom. The number of carbonyl (C=O) groups is 2. The van der Waals surface area contributed by atoms with E-state index in [4.69, 9.17) is 19.9 Å². The first-order valence-electron chi connectivity index (χ1n) is 9.28. The minimum Gasteiger partial charge on any atom is -0.464 e. The predicted octanol–water partition coefficient (Wildman–Crippen LogP) is 4.40. The quantitative estimate of drug-likeness (QED) is 0.690. The largest absolute Gasteiger partial charge is 0.464 e. The summed E-state index contributed by atoms with van der Waals surface area (Å²) in [4.78, 5) is 30.3. The number of ether oxygens (including phenoxy) is 3. The van der Waals surface area contributed by atoms with Crippen molar-refractivity contribution in [2.45, 2.75) is 65.2 Å². The van der Waals surface area contributed by atoms with E-state index in [2.05, 4.69) is 4.99 Å². The van der Waals surface area contributed by atoms with Crippen LogP contribution in [0.3, 0.4) is 0 Å². The number of nitrogens with zero attached hydrogens (tertiary/aromatic N) is 2. The number of amides is 2. The maximum Gasteiger partial charge on any atom is 0.428 e. The molecule has 0 fully saturated rings. The van der Waals surface area contributed by atoms with E-state index in [-0.39, 0.29) is 18.2 Å². The van der Waals surface area contributed by atoms with E-state index in [1.807, 2.05) is 0 Å². The number of hydrogen-bond donors (Lipinski definition) is 1. The number of hydrogen-bond acceptors (Lipinski definition) is 7. The van der Waals surface area contributed by atoms with Crippen molar-refractivity contribution in [3.63, 3.8) is 0 Å². The molecule has 9 heteroatoms. The van der Waals surface area contributed by atoms with Crippen LogP contribution in [0.25, 0.3) is 0 Å². The van der Waals surface area contributed by atoms with Crippen LogP contribution in [0.15, 0.2) is 23.2 Å². The number of benzene rings is 1. The minimum atomic E-state index is -1.00. The summed E-state index contributed by atoms with van der Waals surface area (Å²) in [5, 5.41) is 0. The van der Waals surface area contributed by atoms with Crippen LogP contribution in [-0.2, 0) is 14.2 Å². The monoisotopic (exact) mass is 409 g/mol. The number of rotatable bonds is 1. The summed E-state index contributed by atoms with van der Waals surface area (Å²) in [6.07, 6.45) is -1.65. The lowest BCUT2D eigenvalue weighted by Crippen LogP contribution is -2.48. The molecule has 1 heterocycles. The molecular formula is C20H28FN3O5. The number of nitrogens with two attached hydrogens (primary N) is 1. The highest BCUT2D eigenvalue weighted by Gasteiger charge is 2.38. The first-order chi connectivity index (χ1) is 13.3. The third kappa shape index (κ3) is 6.33. The van der Waals surface area contributed by atoms with Gasteiger partial charge in [0.25, 0.3) is 0 Å². The van der Waals surface area contributed by atoms with Gasteiger partial charge in [-0.15, -0.1) is 4.90 Å². The van der Waals surface area contributed by atoms with Gasteiger partial charge in [0.2, 0.25) is 0 Å². The van der Waals surface area contributed by atoms with Crippen molar-refractivity contribution in [2.24, 2.45) is 4.99 Å². The number of halogens is 1. The molecule has 1 atom stereocenters. The predicted molar refractivity (Wildman–Crippen MR) is 106 cm³/mol. The van der Waals surface area contributed by atoms with Crippen LogP contribution in [0, 0.1) is 5.82 Å². The highest BCUT2D eigenvalue weighted by atomic mass is 19.1. The third-order valence-corrected chi connectivity index (χ3v) is 3.61. The molecule has 1 aliphatic heterocycles. The van der Waals surface area contributed by atoms with Crippen LogP contribution in [0.2, 0.25) is 0 Å². The molecule has 2 N–H and O–H groups in total. The molecule has 1 aliphatic rings. The first kappa shape index (κ1) is 22.4. The summed E-state index contributed by atoms with van der Waals surface area (Å²) >= 11 is 0. The standard InChI is InChI=1S/C20H28FN3O5/c1-19(2,3)28-17(25)24(18(26)29-20(4,5)6)16-23-15(9-10-27-16)13-11-12(22)7-8-14(13)21/h7-8,11,15H,9-10,22H2,1-6H3/t15-/m0/s1. The molecule has 160 valence electrons. The third-order valence-electron chi connectivity index (χ3n) is 3.61. The minimum absolute atomic E-state index is 0.111. The van der Waals surface area contributed by atoms with E-state index in [9.17, 15) is 14.0 Å². The molecule has 1 aromatic rings. The van der Waals surface area contributed by atoms with Crippen LogP contribution >= 0.6 is 0 Å². The second kappa shape index (κ2) is 8.26. The summed E-state index contributed by atoms with van der Waals surface area (Å²) < 4.78 is 30.3. The fraction of sp³-hybridized carbons (Fsp3) is 0.550. The van der Waals surface area contributed by atoms with Gasteiger partial charge in [0.1, 0.15) is 17.0 Å². The number of nitrogen functional groups attached to an aromatic ring is 1. The summed E-state index contributed by atoms with van der Waals surface area (Å²) in [6.45, 7) is 10.1. The average molecular weight is 409 g/mol. The summed E-state index contributed by atoms with van der Waals surface area (Å²) in [6, 6.07) is 3.16. The maximum absolute atomic E-state index is 14.3.